The highest BCUT2D eigenvalue weighted by Crippen LogP contribution is 2.20. The van der Waals surface area contributed by atoms with Crippen molar-refractivity contribution < 1.29 is 9.53 Å². The van der Waals surface area contributed by atoms with Crippen LogP contribution < -0.4 is 0 Å². The Bertz CT molecular complexity index is 440. The van der Waals surface area contributed by atoms with Gasteiger partial charge in [-0.05, 0) is 58.9 Å². The number of carbonyl (C=O) groups is 1. The van der Waals surface area contributed by atoms with Gasteiger partial charge in [0.15, 0.2) is 0 Å². The molecule has 25 heavy (non-hydrogen) atoms. The van der Waals surface area contributed by atoms with E-state index in [2.05, 4.69) is 51.1 Å². The fourth-order valence-corrected chi connectivity index (χ4v) is 1.64. The quantitative estimate of drug-likeness (QED) is 0.486. The highest BCUT2D eigenvalue weighted by molar-refractivity contribution is 5.75. The summed E-state index contributed by atoms with van der Waals surface area (Å²) in [5.41, 5.74) is 1.07. The normalized spacial score (nSPS) is 10.8. The van der Waals surface area contributed by atoms with Crippen LogP contribution >= 0.6 is 0 Å². The van der Waals surface area contributed by atoms with Crippen molar-refractivity contribution >= 4 is 5.97 Å². The van der Waals surface area contributed by atoms with E-state index in [1.807, 2.05) is 41.5 Å². The molecule has 0 aromatic heterocycles. The Balaban J connectivity index is -0.000000157. The Labute approximate surface area is 159 Å². The van der Waals surface area contributed by atoms with E-state index in [9.17, 15) is 4.79 Å². The van der Waals surface area contributed by atoms with E-state index in [0.717, 1.165) is 6.42 Å². The number of benzene rings is 1. The predicted molar refractivity (Wildman–Crippen MR) is 115 cm³/mol. The third-order valence-corrected chi connectivity index (χ3v) is 2.59. The molecule has 1 aromatic carbocycles. The summed E-state index contributed by atoms with van der Waals surface area (Å²) in [5, 5.41) is 0. The van der Waals surface area contributed by atoms with E-state index in [1.165, 1.54) is 5.56 Å². The van der Waals surface area contributed by atoms with Gasteiger partial charge in [-0.25, -0.2) is 0 Å². The van der Waals surface area contributed by atoms with Gasteiger partial charge in [0.1, 0.15) is 5.60 Å². The van der Waals surface area contributed by atoms with E-state index in [1.54, 1.807) is 0 Å². The molecule has 1 rings (SSSR count). The van der Waals surface area contributed by atoms with Gasteiger partial charge in [-0.15, -0.1) is 0 Å². The second kappa shape index (κ2) is 12.1. The molecule has 0 unspecified atom stereocenters. The molecule has 0 aliphatic carbocycles. The van der Waals surface area contributed by atoms with E-state index in [0.29, 0.717) is 5.41 Å². The van der Waals surface area contributed by atoms with Crippen molar-refractivity contribution in [2.45, 2.75) is 96.6 Å². The van der Waals surface area contributed by atoms with Crippen LogP contribution in [0.2, 0.25) is 0 Å². The maximum Gasteiger partial charge on any atom is 0.311 e. The highest BCUT2D eigenvalue weighted by Gasteiger charge is 2.27. The molecule has 2 nitrogen and oxygen atoms in total. The van der Waals surface area contributed by atoms with Gasteiger partial charge >= 0.3 is 5.97 Å². The molecule has 150 valence electrons. The SMILES string of the molecule is C.C.C.CC(C)(C)Cc1ccccc1.CC(C)(C)OC(=O)C(C)(C)C. The molecule has 0 atom stereocenters. The van der Waals surface area contributed by atoms with E-state index in [4.69, 9.17) is 4.74 Å². The zero-order valence-corrected chi connectivity index (χ0v) is 15.9. The molecule has 0 heterocycles. The Morgan fingerprint density at radius 2 is 1.20 bits per heavy atom. The van der Waals surface area contributed by atoms with E-state index >= 15 is 0 Å². The van der Waals surface area contributed by atoms with Crippen LogP contribution in [0.4, 0.5) is 0 Å². The molecular formula is C23H46O2. The molecule has 0 fully saturated rings. The molecule has 0 N–H and O–H groups in total. The topological polar surface area (TPSA) is 26.3 Å². The molecule has 0 radical (unpaired) electrons. The van der Waals surface area contributed by atoms with Crippen LogP contribution in [0.3, 0.4) is 0 Å². The highest BCUT2D eigenvalue weighted by atomic mass is 16.6. The first-order chi connectivity index (χ1) is 9.71. The summed E-state index contributed by atoms with van der Waals surface area (Å²) < 4.78 is 5.16. The number of ether oxygens (including phenoxy) is 1. The second-order valence-corrected chi connectivity index (χ2v) is 8.97. The first kappa shape index (κ1) is 31.5. The lowest BCUT2D eigenvalue weighted by Gasteiger charge is -2.25. The van der Waals surface area contributed by atoms with Gasteiger partial charge in [0.05, 0.1) is 5.41 Å². The van der Waals surface area contributed by atoms with E-state index in [-0.39, 0.29) is 33.9 Å². The van der Waals surface area contributed by atoms with Gasteiger partial charge < -0.3 is 4.74 Å². The minimum atomic E-state index is -0.396. The Morgan fingerprint density at radius 3 is 1.44 bits per heavy atom. The average Bonchev–Trinajstić information content (AvgIpc) is 2.25. The number of hydrogen-bond donors (Lipinski definition) is 0. The Morgan fingerprint density at radius 1 is 0.800 bits per heavy atom. The molecule has 0 spiro atoms. The van der Waals surface area contributed by atoms with Crippen LogP contribution in [-0.2, 0) is 16.0 Å². The summed E-state index contributed by atoms with van der Waals surface area (Å²) in [7, 11) is 0. The standard InChI is InChI=1S/C11H16.C9H18O2.3CH4/c1-11(2,3)9-10-7-5-4-6-8-10;1-8(2,3)7(10)11-9(4,5)6;;;/h4-8H,9H2,1-3H3;1-6H3;3*1H4. The van der Waals surface area contributed by atoms with Gasteiger partial charge in [0.25, 0.3) is 0 Å². The fraction of sp³-hybridized carbons (Fsp3) is 0.696. The van der Waals surface area contributed by atoms with Gasteiger partial charge in [0, 0.05) is 0 Å². The van der Waals surface area contributed by atoms with Crippen LogP contribution in [0, 0.1) is 10.8 Å². The molecule has 0 amide bonds. The van der Waals surface area contributed by atoms with Gasteiger partial charge in [-0.1, -0.05) is 73.4 Å². The van der Waals surface area contributed by atoms with Crippen LogP contribution in [0.15, 0.2) is 30.3 Å². The van der Waals surface area contributed by atoms with Crippen LogP contribution in [0.1, 0.15) is 90.2 Å². The van der Waals surface area contributed by atoms with Crippen molar-refractivity contribution in [2.75, 3.05) is 0 Å². The fourth-order valence-electron chi connectivity index (χ4n) is 1.64. The third-order valence-electron chi connectivity index (χ3n) is 2.59. The first-order valence-electron chi connectivity index (χ1n) is 7.98. The van der Waals surface area contributed by atoms with Crippen molar-refractivity contribution in [3.8, 4) is 0 Å². The van der Waals surface area contributed by atoms with Crippen molar-refractivity contribution in [1.29, 1.82) is 0 Å². The van der Waals surface area contributed by atoms with E-state index < -0.39 is 5.41 Å². The maximum absolute atomic E-state index is 11.3. The Kier molecular flexibility index (Phi) is 15.2. The van der Waals surface area contributed by atoms with Crippen LogP contribution in [-0.4, -0.2) is 11.6 Å². The van der Waals surface area contributed by atoms with Gasteiger partial charge in [0.2, 0.25) is 0 Å². The molecule has 0 aliphatic rings. The summed E-state index contributed by atoms with van der Waals surface area (Å²) in [6.45, 7) is 18.0. The summed E-state index contributed by atoms with van der Waals surface area (Å²) >= 11 is 0. The largest absolute Gasteiger partial charge is 0.460 e. The second-order valence-electron chi connectivity index (χ2n) is 8.97. The Hall–Kier alpha value is -1.31. The number of hydrogen-bond acceptors (Lipinski definition) is 2. The monoisotopic (exact) mass is 354 g/mol. The zero-order chi connectivity index (χ0) is 17.6. The lowest BCUT2D eigenvalue weighted by molar-refractivity contribution is -0.164. The number of carbonyl (C=O) groups excluding carboxylic acids is 1. The summed E-state index contributed by atoms with van der Waals surface area (Å²) in [5.74, 6) is -0.148. The van der Waals surface area contributed by atoms with Crippen molar-refractivity contribution in [3.63, 3.8) is 0 Å². The zero-order valence-electron chi connectivity index (χ0n) is 15.9. The first-order valence-corrected chi connectivity index (χ1v) is 7.98. The van der Waals surface area contributed by atoms with Gasteiger partial charge in [-0.3, -0.25) is 4.79 Å². The minimum Gasteiger partial charge on any atom is -0.460 e. The van der Waals surface area contributed by atoms with Crippen molar-refractivity contribution in [3.05, 3.63) is 35.9 Å². The number of rotatable bonds is 1. The predicted octanol–water partition coefficient (Wildman–Crippen LogP) is 7.56. The number of esters is 1. The minimum absolute atomic E-state index is 0. The molecule has 1 aromatic rings. The molecule has 0 aliphatic heterocycles. The lowest BCUT2D eigenvalue weighted by Crippen LogP contribution is -2.31. The maximum atomic E-state index is 11.3. The van der Waals surface area contributed by atoms with Gasteiger partial charge in [-0.2, -0.15) is 0 Å². The summed E-state index contributed by atoms with van der Waals surface area (Å²) in [6.07, 6.45) is 1.16. The molecular weight excluding hydrogens is 308 g/mol. The molecule has 0 saturated heterocycles. The smallest absolute Gasteiger partial charge is 0.311 e. The molecule has 0 bridgehead atoms. The summed E-state index contributed by atoms with van der Waals surface area (Å²) in [6, 6.07) is 10.6. The average molecular weight is 355 g/mol. The lowest BCUT2D eigenvalue weighted by atomic mass is 9.88. The van der Waals surface area contributed by atoms with Crippen molar-refractivity contribution in [2.24, 2.45) is 10.8 Å². The summed E-state index contributed by atoms with van der Waals surface area (Å²) in [4.78, 5) is 11.3. The third kappa shape index (κ3) is 18.9. The molecule has 2 heteroatoms. The van der Waals surface area contributed by atoms with Crippen LogP contribution in [0.5, 0.6) is 0 Å². The molecule has 0 saturated carbocycles. The van der Waals surface area contributed by atoms with Crippen LogP contribution in [0.25, 0.3) is 0 Å². The van der Waals surface area contributed by atoms with Crippen molar-refractivity contribution in [1.82, 2.24) is 0 Å².